The second-order valence-electron chi connectivity index (χ2n) is 9.14. The van der Waals surface area contributed by atoms with Crippen LogP contribution in [0.1, 0.15) is 36.8 Å². The monoisotopic (exact) mass is 530 g/mol. The number of hydrogen-bond donors (Lipinski definition) is 4. The van der Waals surface area contributed by atoms with Crippen molar-refractivity contribution in [3.8, 4) is 0 Å². The van der Waals surface area contributed by atoms with Gasteiger partial charge in [0.15, 0.2) is 0 Å². The third-order valence-corrected chi connectivity index (χ3v) is 8.18. The zero-order chi connectivity index (χ0) is 27.0. The molecule has 10 nitrogen and oxygen atoms in total. The van der Waals surface area contributed by atoms with Crippen molar-refractivity contribution in [2.75, 3.05) is 25.5 Å². The molecule has 0 aromatic heterocycles. The molecule has 4 N–H and O–H groups in total. The summed E-state index contributed by atoms with van der Waals surface area (Å²) in [5.74, 6) is -1.97. The van der Waals surface area contributed by atoms with E-state index in [1.165, 1.54) is 12.1 Å². The Hall–Kier alpha value is -3.28. The van der Waals surface area contributed by atoms with Crippen LogP contribution in [0.4, 0.5) is 5.69 Å². The highest BCUT2D eigenvalue weighted by molar-refractivity contribution is 7.89. The fourth-order valence-corrected chi connectivity index (χ4v) is 5.87. The standard InChI is InChI=1S/C26H34N4O6S/c1-18-7-13-21(14-8-18)37(35,36)30-16-4-5-23(30)25(32)29-22(26(33)34)17-19-9-11-20(12-10-19)28-24(31)6-3-15-27-2/h7-14,22-23,27H,3-6,15-17H2,1-2H3,(H,28,31)(H,29,32)(H,33,34)/t22-,23-/m0/s1. The summed E-state index contributed by atoms with van der Waals surface area (Å²) in [5.41, 5.74) is 2.16. The first kappa shape index (κ1) is 28.3. The number of nitrogens with zero attached hydrogens (tertiary/aromatic N) is 1. The van der Waals surface area contributed by atoms with E-state index in [0.29, 0.717) is 36.9 Å². The van der Waals surface area contributed by atoms with Crippen LogP contribution >= 0.6 is 0 Å². The summed E-state index contributed by atoms with van der Waals surface area (Å²) in [6.07, 6.45) is 1.92. The highest BCUT2D eigenvalue weighted by Crippen LogP contribution is 2.26. The Balaban J connectivity index is 1.64. The Morgan fingerprint density at radius 2 is 1.76 bits per heavy atom. The van der Waals surface area contributed by atoms with Gasteiger partial charge in [0.2, 0.25) is 21.8 Å². The van der Waals surface area contributed by atoms with E-state index >= 15 is 0 Å². The number of anilines is 1. The largest absolute Gasteiger partial charge is 0.480 e. The van der Waals surface area contributed by atoms with E-state index in [1.54, 1.807) is 36.4 Å². The molecule has 1 saturated heterocycles. The summed E-state index contributed by atoms with van der Waals surface area (Å²) >= 11 is 0. The quantitative estimate of drug-likeness (QED) is 0.307. The van der Waals surface area contributed by atoms with Crippen LogP contribution in [0.5, 0.6) is 0 Å². The molecule has 0 aliphatic carbocycles. The third kappa shape index (κ3) is 7.61. The number of carboxylic acid groups (broad SMARTS) is 1. The molecule has 2 aromatic rings. The summed E-state index contributed by atoms with van der Waals surface area (Å²) in [5, 5.41) is 18.0. The first-order valence-corrected chi connectivity index (χ1v) is 13.7. The minimum Gasteiger partial charge on any atom is -0.480 e. The second kappa shape index (κ2) is 12.8. The average Bonchev–Trinajstić information content (AvgIpc) is 3.36. The van der Waals surface area contributed by atoms with E-state index in [2.05, 4.69) is 16.0 Å². The number of rotatable bonds is 12. The van der Waals surface area contributed by atoms with Gasteiger partial charge in [-0.3, -0.25) is 9.59 Å². The van der Waals surface area contributed by atoms with E-state index in [0.717, 1.165) is 16.4 Å². The van der Waals surface area contributed by atoms with Gasteiger partial charge in [0.25, 0.3) is 0 Å². The zero-order valence-corrected chi connectivity index (χ0v) is 21.9. The number of aliphatic carboxylic acids is 1. The lowest BCUT2D eigenvalue weighted by atomic mass is 10.0. The lowest BCUT2D eigenvalue weighted by molar-refractivity contribution is -0.142. The Morgan fingerprint density at radius 3 is 2.38 bits per heavy atom. The molecular formula is C26H34N4O6S. The first-order chi connectivity index (χ1) is 17.6. The number of carbonyl (C=O) groups excluding carboxylic acids is 2. The number of nitrogens with one attached hydrogen (secondary N) is 3. The van der Waals surface area contributed by atoms with E-state index < -0.39 is 34.0 Å². The Kier molecular flexibility index (Phi) is 9.79. The smallest absolute Gasteiger partial charge is 0.326 e. The topological polar surface area (TPSA) is 145 Å². The predicted molar refractivity (Wildman–Crippen MR) is 140 cm³/mol. The maximum absolute atomic E-state index is 13.1. The zero-order valence-electron chi connectivity index (χ0n) is 21.1. The summed E-state index contributed by atoms with van der Waals surface area (Å²) in [6, 6.07) is 10.9. The van der Waals surface area contributed by atoms with Gasteiger partial charge in [-0.05, 0) is 69.6 Å². The summed E-state index contributed by atoms with van der Waals surface area (Å²) < 4.78 is 27.5. The van der Waals surface area contributed by atoms with Gasteiger partial charge in [-0.15, -0.1) is 0 Å². The van der Waals surface area contributed by atoms with Crippen LogP contribution in [0.3, 0.4) is 0 Å². The van der Waals surface area contributed by atoms with Crippen molar-refractivity contribution in [2.45, 2.75) is 56.0 Å². The van der Waals surface area contributed by atoms with Gasteiger partial charge in [-0.1, -0.05) is 29.8 Å². The van der Waals surface area contributed by atoms with Gasteiger partial charge in [0.05, 0.1) is 4.90 Å². The summed E-state index contributed by atoms with van der Waals surface area (Å²) in [7, 11) is -2.08. The number of aryl methyl sites for hydroxylation is 1. The SMILES string of the molecule is CNCCCC(=O)Nc1ccc(C[C@H](NC(=O)[C@@H]2CCCN2S(=O)(=O)c2ccc(C)cc2)C(=O)O)cc1. The molecule has 0 radical (unpaired) electrons. The van der Waals surface area contributed by atoms with Crippen molar-refractivity contribution in [1.29, 1.82) is 0 Å². The van der Waals surface area contributed by atoms with E-state index in [9.17, 15) is 27.9 Å². The first-order valence-electron chi connectivity index (χ1n) is 12.3. The Labute approximate surface area is 217 Å². The molecule has 1 aliphatic rings. The summed E-state index contributed by atoms with van der Waals surface area (Å²) in [4.78, 5) is 37.0. The minimum absolute atomic E-state index is 0.00883. The molecule has 0 spiro atoms. The molecule has 0 bridgehead atoms. The maximum atomic E-state index is 13.1. The normalized spacial score (nSPS) is 16.8. The van der Waals surface area contributed by atoms with Gasteiger partial charge >= 0.3 is 5.97 Å². The molecule has 2 aromatic carbocycles. The molecule has 3 rings (SSSR count). The van der Waals surface area contributed by atoms with Crippen molar-refractivity contribution >= 4 is 33.5 Å². The van der Waals surface area contributed by atoms with Gasteiger partial charge < -0.3 is 21.1 Å². The Morgan fingerprint density at radius 1 is 1.08 bits per heavy atom. The van der Waals surface area contributed by atoms with Crippen molar-refractivity contribution in [3.63, 3.8) is 0 Å². The van der Waals surface area contributed by atoms with Gasteiger partial charge in [0, 0.05) is 25.1 Å². The molecular weight excluding hydrogens is 496 g/mol. The predicted octanol–water partition coefficient (Wildman–Crippen LogP) is 1.90. The molecule has 37 heavy (non-hydrogen) atoms. The van der Waals surface area contributed by atoms with E-state index in [1.807, 2.05) is 14.0 Å². The van der Waals surface area contributed by atoms with E-state index in [-0.39, 0.29) is 23.8 Å². The number of hydrogen-bond acceptors (Lipinski definition) is 6. The maximum Gasteiger partial charge on any atom is 0.326 e. The molecule has 1 aliphatic heterocycles. The Bertz CT molecular complexity index is 1200. The van der Waals surface area contributed by atoms with Crippen LogP contribution in [-0.4, -0.2) is 67.8 Å². The van der Waals surface area contributed by atoms with Crippen LogP contribution < -0.4 is 16.0 Å². The van der Waals surface area contributed by atoms with Crippen LogP contribution in [0.2, 0.25) is 0 Å². The van der Waals surface area contributed by atoms with E-state index in [4.69, 9.17) is 0 Å². The third-order valence-electron chi connectivity index (χ3n) is 6.26. The van der Waals surface area contributed by atoms with Crippen molar-refractivity contribution in [3.05, 3.63) is 59.7 Å². The molecule has 0 unspecified atom stereocenters. The summed E-state index contributed by atoms with van der Waals surface area (Å²) in [6.45, 7) is 2.78. The van der Waals surface area contributed by atoms with Crippen molar-refractivity contribution in [1.82, 2.24) is 14.9 Å². The number of carboxylic acids is 1. The highest BCUT2D eigenvalue weighted by Gasteiger charge is 2.40. The van der Waals surface area contributed by atoms with Crippen LogP contribution in [0.25, 0.3) is 0 Å². The molecule has 200 valence electrons. The lowest BCUT2D eigenvalue weighted by Crippen LogP contribution is -2.51. The van der Waals surface area contributed by atoms with Gasteiger partial charge in [0.1, 0.15) is 12.1 Å². The molecule has 0 saturated carbocycles. The second-order valence-corrected chi connectivity index (χ2v) is 11.0. The highest BCUT2D eigenvalue weighted by atomic mass is 32.2. The number of sulfonamides is 1. The average molecular weight is 531 g/mol. The van der Waals surface area contributed by atoms with Crippen LogP contribution in [-0.2, 0) is 30.8 Å². The molecule has 11 heteroatoms. The lowest BCUT2D eigenvalue weighted by Gasteiger charge is -2.25. The molecule has 2 atom stereocenters. The fourth-order valence-electron chi connectivity index (χ4n) is 4.21. The van der Waals surface area contributed by atoms with Crippen LogP contribution in [0, 0.1) is 6.92 Å². The number of amides is 2. The van der Waals surface area contributed by atoms with Crippen molar-refractivity contribution < 1.29 is 27.9 Å². The minimum atomic E-state index is -3.90. The molecule has 1 heterocycles. The van der Waals surface area contributed by atoms with Crippen LogP contribution in [0.15, 0.2) is 53.4 Å². The van der Waals surface area contributed by atoms with Gasteiger partial charge in [-0.2, -0.15) is 4.31 Å². The number of carbonyl (C=O) groups is 3. The number of benzene rings is 2. The fraction of sp³-hybridized carbons (Fsp3) is 0.423. The molecule has 2 amide bonds. The van der Waals surface area contributed by atoms with Crippen molar-refractivity contribution in [2.24, 2.45) is 0 Å². The van der Waals surface area contributed by atoms with Gasteiger partial charge in [-0.25, -0.2) is 13.2 Å². The molecule has 1 fully saturated rings.